The van der Waals surface area contributed by atoms with Gasteiger partial charge in [0.1, 0.15) is 0 Å². The highest BCUT2D eigenvalue weighted by Gasteiger charge is 2.41. The summed E-state index contributed by atoms with van der Waals surface area (Å²) in [5.41, 5.74) is 1.78. The molecule has 2 N–H and O–H groups in total. The molecule has 2 fully saturated rings. The first-order valence-electron chi connectivity index (χ1n) is 15.6. The van der Waals surface area contributed by atoms with Crippen molar-refractivity contribution in [2.24, 2.45) is 0 Å². The van der Waals surface area contributed by atoms with Gasteiger partial charge in [-0.1, -0.05) is 12.1 Å². The van der Waals surface area contributed by atoms with Gasteiger partial charge in [-0.05, 0) is 119 Å². The van der Waals surface area contributed by atoms with Gasteiger partial charge < -0.3 is 52.6 Å². The highest BCUT2D eigenvalue weighted by atomic mass is 28.5. The van der Waals surface area contributed by atoms with Crippen molar-refractivity contribution < 1.29 is 52.6 Å². The fourth-order valence-corrected chi connectivity index (χ4v) is 29.1. The van der Waals surface area contributed by atoms with Crippen LogP contribution in [0.2, 0.25) is 64.5 Å². The zero-order valence-corrected chi connectivity index (χ0v) is 36.4. The molecule has 2 aliphatic rings. The molecule has 258 valence electrons. The van der Waals surface area contributed by atoms with Crippen LogP contribution in [-0.2, 0) is 39.3 Å². The zero-order chi connectivity index (χ0) is 34.2. The minimum atomic E-state index is -2.45. The van der Waals surface area contributed by atoms with Crippen molar-refractivity contribution in [2.75, 3.05) is 13.2 Å². The van der Waals surface area contributed by atoms with Crippen LogP contribution in [0.1, 0.15) is 24.0 Å². The summed E-state index contributed by atoms with van der Waals surface area (Å²) in [6.07, 6.45) is 1.97. The maximum absolute atomic E-state index is 10.7. The number of hydrogen-bond acceptors (Lipinski definition) is 12. The lowest BCUT2D eigenvalue weighted by molar-refractivity contribution is 0.262. The molecule has 2 aromatic carbocycles. The Morgan fingerprint density at radius 2 is 0.894 bits per heavy atom. The van der Waals surface area contributed by atoms with Gasteiger partial charge in [0, 0.05) is 0 Å². The van der Waals surface area contributed by atoms with E-state index < -0.39 is 72.8 Å². The summed E-state index contributed by atoms with van der Waals surface area (Å²) in [6, 6.07) is 12.2. The van der Waals surface area contributed by atoms with E-state index in [1.807, 2.05) is 51.4 Å². The molecule has 6 radical (unpaired) electrons. The van der Waals surface area contributed by atoms with E-state index in [0.717, 1.165) is 36.1 Å². The third-order valence-electron chi connectivity index (χ3n) is 7.11. The third-order valence-corrected chi connectivity index (χ3v) is 30.3. The summed E-state index contributed by atoms with van der Waals surface area (Å²) in [5.74, 6) is 0.991. The van der Waals surface area contributed by atoms with Crippen molar-refractivity contribution in [1.82, 2.24) is 0 Å². The van der Waals surface area contributed by atoms with Crippen LogP contribution in [0.5, 0.6) is 23.0 Å². The molecular formula is C27H46O12Si8. The molecule has 0 aliphatic carbocycles. The Morgan fingerprint density at radius 3 is 1.21 bits per heavy atom. The third kappa shape index (κ3) is 12.7. The molecule has 0 amide bonds. The average Bonchev–Trinajstić information content (AvgIpc) is 2.93. The van der Waals surface area contributed by atoms with Crippen LogP contribution in [0.4, 0.5) is 0 Å². The first kappa shape index (κ1) is 38.9. The molecule has 4 rings (SSSR count). The number of benzene rings is 2. The lowest BCUT2D eigenvalue weighted by Crippen LogP contribution is -2.53. The molecule has 0 spiro atoms. The van der Waals surface area contributed by atoms with Crippen LogP contribution in [0.15, 0.2) is 36.4 Å². The molecule has 20 heteroatoms. The highest BCUT2D eigenvalue weighted by molar-refractivity contribution is 6.82. The highest BCUT2D eigenvalue weighted by Crippen LogP contribution is 2.32. The summed E-state index contributed by atoms with van der Waals surface area (Å²) >= 11 is 0. The molecule has 2 saturated heterocycles. The summed E-state index contributed by atoms with van der Waals surface area (Å²) in [7, 11) is -13.2. The first-order valence-corrected chi connectivity index (χ1v) is 31.5. The molecule has 0 aromatic heterocycles. The van der Waals surface area contributed by atoms with E-state index in [9.17, 15) is 10.2 Å². The average molecular weight is 787 g/mol. The van der Waals surface area contributed by atoms with Gasteiger partial charge in [-0.2, -0.15) is 0 Å². The van der Waals surface area contributed by atoms with E-state index in [-0.39, 0.29) is 11.5 Å². The molecule has 12 nitrogen and oxygen atoms in total. The molecule has 0 atom stereocenters. The maximum Gasteiger partial charge on any atom is 0.362 e. The van der Waals surface area contributed by atoms with Crippen molar-refractivity contribution in [3.05, 3.63) is 47.5 Å². The predicted molar refractivity (Wildman–Crippen MR) is 190 cm³/mol. The molecule has 0 saturated carbocycles. The van der Waals surface area contributed by atoms with Gasteiger partial charge in [-0.15, -0.1) is 0 Å². The standard InChI is InChI=1S/C27H46O12Si8/c1-40-32-42(3)36-46(7,37-43(4)33-40)17-9-15-30-26-13-11-22(20-24(26)28)19-23-12-14-27(25(29)21-23)31-16-10-18-47(8)38-44(5)34-41(2)35-45(6)39-47/h11-14,20-21,28-29H,9-10,15-19H2,1-8H3. The normalized spacial score (nSPS) is 21.1. The molecular weight excluding hydrogens is 741 g/mol. The molecule has 2 heterocycles. The minimum absolute atomic E-state index is 0.0717. The van der Waals surface area contributed by atoms with Gasteiger partial charge in [0.25, 0.3) is 0 Å². The van der Waals surface area contributed by atoms with Crippen molar-refractivity contribution >= 4 is 72.8 Å². The Balaban J connectivity index is 1.22. The maximum atomic E-state index is 10.7. The van der Waals surface area contributed by atoms with E-state index >= 15 is 0 Å². The number of phenols is 2. The zero-order valence-electron chi connectivity index (χ0n) is 28.4. The van der Waals surface area contributed by atoms with Gasteiger partial charge >= 0.3 is 72.8 Å². The quantitative estimate of drug-likeness (QED) is 0.216. The number of hydrogen-bond donors (Lipinski definition) is 2. The van der Waals surface area contributed by atoms with Crippen LogP contribution in [0.3, 0.4) is 0 Å². The van der Waals surface area contributed by atoms with Gasteiger partial charge in [-0.3, -0.25) is 0 Å². The number of rotatable bonds is 12. The largest absolute Gasteiger partial charge is 0.504 e. The fraction of sp³-hybridized carbons (Fsp3) is 0.556. The lowest BCUT2D eigenvalue weighted by atomic mass is 10.0. The molecule has 0 unspecified atom stereocenters. The summed E-state index contributed by atoms with van der Waals surface area (Å²) < 4.78 is 60.6. The molecule has 0 bridgehead atoms. The van der Waals surface area contributed by atoms with E-state index in [0.29, 0.717) is 31.1 Å². The monoisotopic (exact) mass is 786 g/mol. The van der Waals surface area contributed by atoms with E-state index in [4.69, 9.17) is 42.4 Å². The molecule has 2 aromatic rings. The van der Waals surface area contributed by atoms with E-state index in [1.165, 1.54) is 0 Å². The Bertz CT molecular complexity index is 1170. The number of ether oxygens (including phenoxy) is 2. The number of phenolic OH excluding ortho intramolecular Hbond substituents is 2. The van der Waals surface area contributed by atoms with Gasteiger partial charge in [0.15, 0.2) is 23.0 Å². The van der Waals surface area contributed by atoms with Crippen LogP contribution >= 0.6 is 0 Å². The Morgan fingerprint density at radius 1 is 0.553 bits per heavy atom. The minimum Gasteiger partial charge on any atom is -0.504 e. The van der Waals surface area contributed by atoms with Crippen molar-refractivity contribution in [3.8, 4) is 23.0 Å². The van der Waals surface area contributed by atoms with Gasteiger partial charge in [-0.25, -0.2) is 0 Å². The first-order chi connectivity index (χ1) is 22.2. The Labute approximate surface area is 291 Å². The van der Waals surface area contributed by atoms with Crippen LogP contribution < -0.4 is 9.47 Å². The van der Waals surface area contributed by atoms with Crippen LogP contribution in [-0.4, -0.2) is 96.3 Å². The second-order valence-electron chi connectivity index (χ2n) is 11.7. The fourth-order valence-electron chi connectivity index (χ4n) is 5.37. The second kappa shape index (κ2) is 17.8. The van der Waals surface area contributed by atoms with Crippen LogP contribution in [0, 0.1) is 0 Å². The summed E-state index contributed by atoms with van der Waals surface area (Å²) in [6.45, 7) is 16.8. The lowest BCUT2D eigenvalue weighted by Gasteiger charge is -2.35. The van der Waals surface area contributed by atoms with E-state index in [2.05, 4.69) is 13.1 Å². The van der Waals surface area contributed by atoms with Gasteiger partial charge in [0.2, 0.25) is 0 Å². The van der Waals surface area contributed by atoms with Crippen molar-refractivity contribution in [1.29, 1.82) is 0 Å². The van der Waals surface area contributed by atoms with Crippen molar-refractivity contribution in [2.45, 2.75) is 83.7 Å². The molecule has 47 heavy (non-hydrogen) atoms. The van der Waals surface area contributed by atoms with E-state index in [1.54, 1.807) is 24.3 Å². The second-order valence-corrected chi connectivity index (χ2v) is 29.7. The van der Waals surface area contributed by atoms with Gasteiger partial charge in [0.05, 0.1) is 13.2 Å². The smallest absolute Gasteiger partial charge is 0.362 e. The van der Waals surface area contributed by atoms with Crippen LogP contribution in [0.25, 0.3) is 0 Å². The summed E-state index contributed by atoms with van der Waals surface area (Å²) in [5, 5.41) is 21.3. The predicted octanol–water partition coefficient (Wildman–Crippen LogP) is 5.24. The molecule has 2 aliphatic heterocycles. The number of aromatic hydroxyl groups is 2. The Kier molecular flexibility index (Phi) is 14.7. The SMILES string of the molecule is C[Si]1O[Si](C)O[Si](C)(CCCOc2ccc(Cc3ccc(OCCC[Si]4(C)O[Si](C)O[Si](C)O[Si](C)O4)c(O)c3)cc2O)O[Si](C)O1. The summed E-state index contributed by atoms with van der Waals surface area (Å²) in [4.78, 5) is 0. The van der Waals surface area contributed by atoms with Crippen molar-refractivity contribution in [3.63, 3.8) is 0 Å². The Hall–Kier alpha value is -0.945. The topological polar surface area (TPSA) is 133 Å².